The Hall–Kier alpha value is -0.120. The van der Waals surface area contributed by atoms with Gasteiger partial charge in [0.2, 0.25) is 0 Å². The molecular formula is C10H12BrClFN. The highest BCUT2D eigenvalue weighted by molar-refractivity contribution is 9.10. The molecule has 14 heavy (non-hydrogen) atoms. The van der Waals surface area contributed by atoms with Crippen molar-refractivity contribution in [2.75, 3.05) is 19.5 Å². The number of halogens is 3. The highest BCUT2D eigenvalue weighted by Crippen LogP contribution is 2.19. The minimum Gasteiger partial charge on any atom is -0.301 e. The van der Waals surface area contributed by atoms with Crippen LogP contribution in [0.4, 0.5) is 4.39 Å². The molecule has 0 aromatic heterocycles. The first-order chi connectivity index (χ1) is 6.63. The maximum Gasteiger partial charge on any atom is 0.124 e. The lowest BCUT2D eigenvalue weighted by molar-refractivity contribution is 0.347. The summed E-state index contributed by atoms with van der Waals surface area (Å²) in [6, 6.07) is 4.72. The number of nitrogens with zero attached hydrogens (tertiary/aromatic N) is 1. The van der Waals surface area contributed by atoms with Crippen molar-refractivity contribution in [3.8, 4) is 0 Å². The zero-order chi connectivity index (χ0) is 10.6. The van der Waals surface area contributed by atoms with E-state index < -0.39 is 0 Å². The van der Waals surface area contributed by atoms with Crippen LogP contribution in [0, 0.1) is 5.82 Å². The van der Waals surface area contributed by atoms with E-state index in [1.165, 1.54) is 12.1 Å². The van der Waals surface area contributed by atoms with Gasteiger partial charge in [-0.1, -0.05) is 22.0 Å². The van der Waals surface area contributed by atoms with Crippen LogP contribution in [0.1, 0.15) is 5.56 Å². The van der Waals surface area contributed by atoms with Crippen molar-refractivity contribution in [3.63, 3.8) is 0 Å². The minimum atomic E-state index is -0.222. The molecule has 0 saturated heterocycles. The first-order valence-electron chi connectivity index (χ1n) is 4.32. The van der Waals surface area contributed by atoms with E-state index >= 15 is 0 Å². The Morgan fingerprint density at radius 2 is 2.21 bits per heavy atom. The van der Waals surface area contributed by atoms with Gasteiger partial charge in [0, 0.05) is 23.4 Å². The lowest BCUT2D eigenvalue weighted by Gasteiger charge is -2.15. The summed E-state index contributed by atoms with van der Waals surface area (Å²) in [4.78, 5) is 2.09. The van der Waals surface area contributed by atoms with Crippen LogP contribution in [-0.4, -0.2) is 24.4 Å². The first-order valence-corrected chi connectivity index (χ1v) is 5.64. The Morgan fingerprint density at radius 3 is 2.79 bits per heavy atom. The summed E-state index contributed by atoms with van der Waals surface area (Å²) in [5.41, 5.74) is 1.07. The number of benzene rings is 1. The average molecular weight is 281 g/mol. The van der Waals surface area contributed by atoms with E-state index in [1.807, 2.05) is 7.05 Å². The molecule has 0 bridgehead atoms. The van der Waals surface area contributed by atoms with Crippen molar-refractivity contribution in [1.82, 2.24) is 4.90 Å². The smallest absolute Gasteiger partial charge is 0.124 e. The summed E-state index contributed by atoms with van der Waals surface area (Å²) in [7, 11) is 1.98. The quantitative estimate of drug-likeness (QED) is 0.765. The van der Waals surface area contributed by atoms with E-state index in [1.54, 1.807) is 6.07 Å². The van der Waals surface area contributed by atoms with E-state index in [2.05, 4.69) is 20.8 Å². The second-order valence-corrected chi connectivity index (χ2v) is 4.39. The highest BCUT2D eigenvalue weighted by Gasteiger charge is 2.04. The summed E-state index contributed by atoms with van der Waals surface area (Å²) in [6.45, 7) is 1.60. The third kappa shape index (κ3) is 3.56. The topological polar surface area (TPSA) is 3.24 Å². The molecule has 0 fully saturated rings. The molecule has 0 aliphatic heterocycles. The number of hydrogen-bond acceptors (Lipinski definition) is 1. The van der Waals surface area contributed by atoms with Crippen LogP contribution in [0.3, 0.4) is 0 Å². The van der Waals surface area contributed by atoms with Gasteiger partial charge in [0.05, 0.1) is 0 Å². The molecule has 1 aromatic rings. The molecule has 1 aromatic carbocycles. The number of alkyl halides is 1. The van der Waals surface area contributed by atoms with Gasteiger partial charge in [0.1, 0.15) is 5.82 Å². The maximum absolute atomic E-state index is 12.8. The Balaban J connectivity index is 2.67. The van der Waals surface area contributed by atoms with Crippen molar-refractivity contribution in [2.24, 2.45) is 0 Å². The molecule has 0 saturated carbocycles. The molecular weight excluding hydrogens is 268 g/mol. The zero-order valence-electron chi connectivity index (χ0n) is 7.93. The van der Waals surface area contributed by atoms with Crippen LogP contribution < -0.4 is 0 Å². The molecule has 0 aliphatic carbocycles. The van der Waals surface area contributed by atoms with Crippen LogP contribution in [-0.2, 0) is 6.54 Å². The molecule has 0 unspecified atom stereocenters. The third-order valence-corrected chi connectivity index (χ3v) is 2.83. The van der Waals surface area contributed by atoms with Crippen LogP contribution in [0.2, 0.25) is 0 Å². The Morgan fingerprint density at radius 1 is 1.50 bits per heavy atom. The molecule has 0 radical (unpaired) electrons. The van der Waals surface area contributed by atoms with E-state index in [9.17, 15) is 4.39 Å². The van der Waals surface area contributed by atoms with Gasteiger partial charge in [-0.3, -0.25) is 0 Å². The van der Waals surface area contributed by atoms with Gasteiger partial charge in [-0.15, -0.1) is 11.6 Å². The van der Waals surface area contributed by atoms with Crippen LogP contribution in [0.15, 0.2) is 22.7 Å². The van der Waals surface area contributed by atoms with Gasteiger partial charge in [0.15, 0.2) is 0 Å². The van der Waals surface area contributed by atoms with Crippen molar-refractivity contribution >= 4 is 27.5 Å². The van der Waals surface area contributed by atoms with Gasteiger partial charge < -0.3 is 4.90 Å². The van der Waals surface area contributed by atoms with Gasteiger partial charge in [-0.2, -0.15) is 0 Å². The van der Waals surface area contributed by atoms with Gasteiger partial charge >= 0.3 is 0 Å². The summed E-state index contributed by atoms with van der Waals surface area (Å²) in [5, 5.41) is 0. The fourth-order valence-electron chi connectivity index (χ4n) is 1.16. The molecule has 78 valence electrons. The monoisotopic (exact) mass is 279 g/mol. The largest absolute Gasteiger partial charge is 0.301 e. The summed E-state index contributed by atoms with van der Waals surface area (Å²) >= 11 is 8.94. The van der Waals surface area contributed by atoms with E-state index in [0.29, 0.717) is 5.88 Å². The molecule has 1 rings (SSSR count). The normalized spacial score (nSPS) is 10.9. The molecule has 1 nitrogen and oxygen atoms in total. The predicted molar refractivity (Wildman–Crippen MR) is 61.2 cm³/mol. The van der Waals surface area contributed by atoms with Gasteiger partial charge in [0.25, 0.3) is 0 Å². The fraction of sp³-hybridized carbons (Fsp3) is 0.400. The SMILES string of the molecule is CN(CCCl)Cc1ccc(F)cc1Br. The highest BCUT2D eigenvalue weighted by atomic mass is 79.9. The van der Waals surface area contributed by atoms with Crippen LogP contribution in [0.25, 0.3) is 0 Å². The van der Waals surface area contributed by atoms with E-state index in [4.69, 9.17) is 11.6 Å². The number of hydrogen-bond donors (Lipinski definition) is 0. The Bertz CT molecular complexity index is 306. The molecule has 0 amide bonds. The molecule has 4 heteroatoms. The predicted octanol–water partition coefficient (Wildman–Crippen LogP) is 3.26. The number of rotatable bonds is 4. The summed E-state index contributed by atoms with van der Waals surface area (Å²) in [6.07, 6.45) is 0. The molecule has 0 heterocycles. The minimum absolute atomic E-state index is 0.222. The standard InChI is InChI=1S/C10H12BrClFN/c1-14(5-4-12)7-8-2-3-9(13)6-10(8)11/h2-3,6H,4-5,7H2,1H3. The van der Waals surface area contributed by atoms with Crippen LogP contribution >= 0.6 is 27.5 Å². The molecule has 0 N–H and O–H groups in total. The lowest BCUT2D eigenvalue weighted by Crippen LogP contribution is -2.20. The Kier molecular flexibility index (Phi) is 4.85. The Labute approximate surface area is 97.0 Å². The summed E-state index contributed by atoms with van der Waals surface area (Å²) in [5.74, 6) is 0.385. The second kappa shape index (κ2) is 5.69. The average Bonchev–Trinajstić information content (AvgIpc) is 2.10. The van der Waals surface area contributed by atoms with Crippen molar-refractivity contribution in [1.29, 1.82) is 0 Å². The van der Waals surface area contributed by atoms with Gasteiger partial charge in [-0.25, -0.2) is 4.39 Å². The fourth-order valence-corrected chi connectivity index (χ4v) is 1.93. The molecule has 0 atom stereocenters. The second-order valence-electron chi connectivity index (χ2n) is 3.16. The zero-order valence-corrected chi connectivity index (χ0v) is 10.3. The van der Waals surface area contributed by atoms with Gasteiger partial charge in [-0.05, 0) is 24.7 Å². The van der Waals surface area contributed by atoms with Crippen LogP contribution in [0.5, 0.6) is 0 Å². The van der Waals surface area contributed by atoms with E-state index in [0.717, 1.165) is 23.1 Å². The molecule has 0 spiro atoms. The van der Waals surface area contributed by atoms with Crippen molar-refractivity contribution < 1.29 is 4.39 Å². The molecule has 0 aliphatic rings. The van der Waals surface area contributed by atoms with Crippen molar-refractivity contribution in [3.05, 3.63) is 34.1 Å². The summed E-state index contributed by atoms with van der Waals surface area (Å²) < 4.78 is 13.6. The maximum atomic E-state index is 12.8. The third-order valence-electron chi connectivity index (χ3n) is 1.92. The first kappa shape index (κ1) is 12.0. The van der Waals surface area contributed by atoms with Crippen molar-refractivity contribution in [2.45, 2.75) is 6.54 Å². The van der Waals surface area contributed by atoms with E-state index in [-0.39, 0.29) is 5.82 Å². The lowest BCUT2D eigenvalue weighted by atomic mass is 10.2.